The Bertz CT molecular complexity index is 787. The van der Waals surface area contributed by atoms with Gasteiger partial charge in [0.1, 0.15) is 20.0 Å². The number of hydrogen-bond donors (Lipinski definition) is 0. The number of amides is 1. The molecular formula is C19H22N2O2S3. The number of thiocarbonyl (C=S) groups is 1. The first kappa shape index (κ1) is 18.2. The van der Waals surface area contributed by atoms with E-state index in [1.807, 2.05) is 13.0 Å². The van der Waals surface area contributed by atoms with Gasteiger partial charge in [-0.25, -0.2) is 0 Å². The van der Waals surface area contributed by atoms with Crippen LogP contribution in [0, 0.1) is 0 Å². The minimum Gasteiger partial charge on any atom is -0.497 e. The van der Waals surface area contributed by atoms with Crippen LogP contribution < -0.4 is 9.64 Å². The smallest absolute Gasteiger partial charge is 0.268 e. The highest BCUT2D eigenvalue weighted by atomic mass is 32.2. The maximum atomic E-state index is 12.9. The summed E-state index contributed by atoms with van der Waals surface area (Å²) >= 11 is 8.58. The number of thioether (sulfide) groups is 2. The highest BCUT2D eigenvalue weighted by molar-refractivity contribution is 8.27. The molecule has 0 N–H and O–H groups in total. The molecule has 4 rings (SSSR count). The molecule has 26 heavy (non-hydrogen) atoms. The molecule has 1 aromatic carbocycles. The fourth-order valence-electron chi connectivity index (χ4n) is 3.82. The van der Waals surface area contributed by atoms with Gasteiger partial charge < -0.3 is 9.64 Å². The van der Waals surface area contributed by atoms with Crippen molar-refractivity contribution < 1.29 is 9.53 Å². The number of rotatable bonds is 3. The zero-order chi connectivity index (χ0) is 18.3. The van der Waals surface area contributed by atoms with E-state index < -0.39 is 0 Å². The molecule has 7 heteroatoms. The van der Waals surface area contributed by atoms with Crippen molar-refractivity contribution in [2.24, 2.45) is 0 Å². The van der Waals surface area contributed by atoms with E-state index in [0.717, 1.165) is 34.2 Å². The first-order chi connectivity index (χ1) is 12.6. The Labute approximate surface area is 168 Å². The first-order valence-electron chi connectivity index (χ1n) is 9.07. The van der Waals surface area contributed by atoms with Gasteiger partial charge in [-0.3, -0.25) is 9.69 Å². The fourth-order valence-corrected chi connectivity index (χ4v) is 6.54. The van der Waals surface area contributed by atoms with Crippen molar-refractivity contribution in [1.29, 1.82) is 0 Å². The lowest BCUT2D eigenvalue weighted by atomic mass is 9.94. The van der Waals surface area contributed by atoms with Crippen molar-refractivity contribution in [1.82, 2.24) is 4.90 Å². The summed E-state index contributed by atoms with van der Waals surface area (Å²) in [5, 5.41) is 1.05. The van der Waals surface area contributed by atoms with Crippen LogP contribution in [0.4, 0.5) is 5.69 Å². The molecule has 1 saturated carbocycles. The number of nitrogens with zero attached hydrogens (tertiary/aromatic N) is 2. The number of methoxy groups -OCH3 is 1. The van der Waals surface area contributed by atoms with Gasteiger partial charge in [0.05, 0.1) is 12.8 Å². The molecule has 0 aromatic heterocycles. The summed E-state index contributed by atoms with van der Waals surface area (Å²) in [6, 6.07) is 6.63. The van der Waals surface area contributed by atoms with Crippen LogP contribution in [0.15, 0.2) is 33.0 Å². The Balaban J connectivity index is 1.80. The molecule has 0 atom stereocenters. The Morgan fingerprint density at radius 3 is 2.65 bits per heavy atom. The quantitative estimate of drug-likeness (QED) is 0.519. The summed E-state index contributed by atoms with van der Waals surface area (Å²) in [5.74, 6) is 0.901. The highest BCUT2D eigenvalue weighted by Crippen LogP contribution is 2.53. The summed E-state index contributed by atoms with van der Waals surface area (Å²) < 4.78 is 6.12. The van der Waals surface area contributed by atoms with E-state index in [9.17, 15) is 4.79 Å². The Hall–Kier alpha value is -1.18. The number of likely N-dealkylation sites (N-methyl/N-ethyl adjacent to an activating group) is 1. The lowest BCUT2D eigenvalue weighted by Gasteiger charge is -2.34. The van der Waals surface area contributed by atoms with E-state index >= 15 is 0 Å². The number of benzene rings is 1. The fraction of sp³-hybridized carbons (Fsp3) is 0.474. The minimum absolute atomic E-state index is 0.0468. The third-order valence-electron chi connectivity index (χ3n) is 5.15. The molecule has 1 amide bonds. The molecule has 1 aliphatic carbocycles. The number of ether oxygens (including phenoxy) is 1. The molecule has 0 spiro atoms. The molecule has 0 radical (unpaired) electrons. The number of fused-ring (bicyclic) bond motifs is 1. The van der Waals surface area contributed by atoms with Gasteiger partial charge in [-0.15, -0.1) is 0 Å². The van der Waals surface area contributed by atoms with Crippen LogP contribution in [0.5, 0.6) is 5.75 Å². The Kier molecular flexibility index (Phi) is 5.21. The number of carbonyl (C=O) groups is 1. The second kappa shape index (κ2) is 7.44. The van der Waals surface area contributed by atoms with E-state index in [1.165, 1.54) is 35.9 Å². The Morgan fingerprint density at radius 1 is 1.23 bits per heavy atom. The van der Waals surface area contributed by atoms with E-state index in [4.69, 9.17) is 17.0 Å². The first-order valence-corrected chi connectivity index (χ1v) is 11.1. The number of anilines is 1. The van der Waals surface area contributed by atoms with Crippen molar-refractivity contribution in [2.45, 2.75) is 50.0 Å². The van der Waals surface area contributed by atoms with Gasteiger partial charge in [-0.1, -0.05) is 55.0 Å². The zero-order valence-corrected chi connectivity index (χ0v) is 17.4. The molecule has 2 aliphatic heterocycles. The molecule has 4 nitrogen and oxygen atoms in total. The lowest BCUT2D eigenvalue weighted by molar-refractivity contribution is -0.122. The van der Waals surface area contributed by atoms with Crippen LogP contribution in [-0.4, -0.2) is 34.8 Å². The van der Waals surface area contributed by atoms with Crippen LogP contribution in [0.25, 0.3) is 0 Å². The van der Waals surface area contributed by atoms with Crippen molar-refractivity contribution in [2.75, 3.05) is 18.6 Å². The van der Waals surface area contributed by atoms with Crippen molar-refractivity contribution in [3.05, 3.63) is 28.1 Å². The van der Waals surface area contributed by atoms with Gasteiger partial charge in [0.25, 0.3) is 5.91 Å². The summed E-state index contributed by atoms with van der Waals surface area (Å²) in [6.07, 6.45) is 6.11. The second-order valence-corrected chi connectivity index (χ2v) is 9.32. The molecule has 1 aromatic rings. The van der Waals surface area contributed by atoms with Crippen molar-refractivity contribution in [3.8, 4) is 5.75 Å². The van der Waals surface area contributed by atoms with E-state index in [0.29, 0.717) is 16.9 Å². The van der Waals surface area contributed by atoms with Crippen LogP contribution in [0.1, 0.15) is 39.0 Å². The monoisotopic (exact) mass is 406 g/mol. The van der Waals surface area contributed by atoms with E-state index in [1.54, 1.807) is 23.8 Å². The molecule has 138 valence electrons. The molecule has 1 saturated heterocycles. The average Bonchev–Trinajstić information content (AvgIpc) is 3.18. The molecule has 2 fully saturated rings. The second-order valence-electron chi connectivity index (χ2n) is 6.65. The van der Waals surface area contributed by atoms with Crippen LogP contribution >= 0.6 is 35.7 Å². The molecule has 0 bridgehead atoms. The van der Waals surface area contributed by atoms with E-state index in [-0.39, 0.29) is 5.91 Å². The largest absolute Gasteiger partial charge is 0.497 e. The molecular weight excluding hydrogens is 384 g/mol. The maximum Gasteiger partial charge on any atom is 0.268 e. The van der Waals surface area contributed by atoms with Gasteiger partial charge in [0.2, 0.25) is 0 Å². The summed E-state index contributed by atoms with van der Waals surface area (Å²) in [7, 11) is 1.70. The van der Waals surface area contributed by atoms with Crippen molar-refractivity contribution >= 4 is 51.7 Å². The Morgan fingerprint density at radius 2 is 2.00 bits per heavy atom. The number of carbonyl (C=O) groups excluding carboxylic acids is 1. The van der Waals surface area contributed by atoms with Gasteiger partial charge in [0, 0.05) is 23.5 Å². The predicted molar refractivity (Wildman–Crippen MR) is 113 cm³/mol. The zero-order valence-electron chi connectivity index (χ0n) is 15.0. The average molecular weight is 407 g/mol. The topological polar surface area (TPSA) is 32.8 Å². The highest BCUT2D eigenvalue weighted by Gasteiger charge is 2.40. The van der Waals surface area contributed by atoms with Crippen LogP contribution in [0.2, 0.25) is 0 Å². The van der Waals surface area contributed by atoms with Gasteiger partial charge in [-0.2, -0.15) is 0 Å². The predicted octanol–water partition coefficient (Wildman–Crippen LogP) is 4.99. The maximum absolute atomic E-state index is 12.9. The standard InChI is InChI=1S/C19H22N2O2S3/c1-3-20-17(22)16(26-19(20)24)18-21(12-7-5-4-6-8-12)14-11-13(23-2)9-10-15(14)25-18/h9-12H,3-8H2,1-2H3/b18-16+. The lowest BCUT2D eigenvalue weighted by Crippen LogP contribution is -2.35. The molecule has 2 heterocycles. The van der Waals surface area contributed by atoms with Gasteiger partial charge >= 0.3 is 0 Å². The van der Waals surface area contributed by atoms with E-state index in [2.05, 4.69) is 17.0 Å². The SMILES string of the molecule is CCN1C(=O)/C(=C2\Sc3ccc(OC)cc3N2C2CCCCC2)SC1=S. The van der Waals surface area contributed by atoms with Crippen LogP contribution in [0.3, 0.4) is 0 Å². The van der Waals surface area contributed by atoms with Gasteiger partial charge in [-0.05, 0) is 31.9 Å². The third kappa shape index (κ3) is 3.04. The summed E-state index contributed by atoms with van der Waals surface area (Å²) in [4.78, 5) is 19.0. The van der Waals surface area contributed by atoms with Gasteiger partial charge in [0.15, 0.2) is 0 Å². The van der Waals surface area contributed by atoms with Crippen LogP contribution in [-0.2, 0) is 4.79 Å². The summed E-state index contributed by atoms with van der Waals surface area (Å²) in [6.45, 7) is 2.59. The summed E-state index contributed by atoms with van der Waals surface area (Å²) in [5.41, 5.74) is 1.16. The minimum atomic E-state index is 0.0468. The van der Waals surface area contributed by atoms with Crippen molar-refractivity contribution in [3.63, 3.8) is 0 Å². The molecule has 0 unspecified atom stereocenters. The molecule has 3 aliphatic rings. The normalized spacial score (nSPS) is 23.8. The third-order valence-corrected chi connectivity index (χ3v) is 7.88. The number of hydrogen-bond acceptors (Lipinski definition) is 6.